The molecule has 2 atom stereocenters. The highest BCUT2D eigenvalue weighted by molar-refractivity contribution is 6.30. The van der Waals surface area contributed by atoms with Crippen LogP contribution in [0.5, 0.6) is 5.75 Å². The Kier molecular flexibility index (Phi) is 5.79. The molecule has 1 fully saturated rings. The summed E-state index contributed by atoms with van der Waals surface area (Å²) >= 11 is 5.99. The summed E-state index contributed by atoms with van der Waals surface area (Å²) in [5.74, 6) is 0.111. The van der Waals surface area contributed by atoms with Crippen molar-refractivity contribution in [2.24, 2.45) is 0 Å². The fourth-order valence-electron chi connectivity index (χ4n) is 3.39. The number of carbonyl (C=O) groups is 1. The second-order valence-electron chi connectivity index (χ2n) is 6.71. The minimum Gasteiger partial charge on any atom is -0.410 e. The zero-order chi connectivity index (χ0) is 18.7. The van der Waals surface area contributed by atoms with Gasteiger partial charge in [-0.15, -0.1) is 0 Å². The Bertz CT molecular complexity index is 749. The molecule has 0 aromatic heterocycles. The van der Waals surface area contributed by atoms with Gasteiger partial charge in [-0.3, -0.25) is 0 Å². The van der Waals surface area contributed by atoms with Gasteiger partial charge < -0.3 is 15.0 Å². The molecule has 0 saturated carbocycles. The average Bonchev–Trinajstić information content (AvgIpc) is 3.06. The first-order valence-electron chi connectivity index (χ1n) is 8.67. The van der Waals surface area contributed by atoms with E-state index >= 15 is 0 Å². The van der Waals surface area contributed by atoms with E-state index in [0.717, 1.165) is 12.1 Å². The molecule has 0 spiro atoms. The minimum atomic E-state index is -0.431. The lowest BCUT2D eigenvalue weighted by molar-refractivity contribution is 0.113. The fourth-order valence-corrected chi connectivity index (χ4v) is 3.52. The number of hydrogen-bond donors (Lipinski definition) is 1. The average molecular weight is 377 g/mol. The summed E-state index contributed by atoms with van der Waals surface area (Å²) < 4.78 is 18.5. The molecule has 0 unspecified atom stereocenters. The smallest absolute Gasteiger partial charge is 0.410 e. The second-order valence-corrected chi connectivity index (χ2v) is 7.14. The van der Waals surface area contributed by atoms with Crippen LogP contribution in [0.25, 0.3) is 0 Å². The van der Waals surface area contributed by atoms with Crippen molar-refractivity contribution in [3.63, 3.8) is 0 Å². The fraction of sp³-hybridized carbons (Fsp3) is 0.350. The SMILES string of the molecule is CC(C)N(C(=O)Oc1ccc(F)cc1)[C@@H]1CNC[C@H]1c1ccc(Cl)cc1. The Hall–Kier alpha value is -2.11. The zero-order valence-corrected chi connectivity index (χ0v) is 15.5. The molecule has 1 amide bonds. The van der Waals surface area contributed by atoms with Crippen LogP contribution in [0.15, 0.2) is 48.5 Å². The number of halogens is 2. The van der Waals surface area contributed by atoms with Gasteiger partial charge in [0.05, 0.1) is 6.04 Å². The van der Waals surface area contributed by atoms with Gasteiger partial charge in [0.15, 0.2) is 0 Å². The predicted octanol–water partition coefficient (Wildman–Crippen LogP) is 4.44. The number of hydrogen-bond acceptors (Lipinski definition) is 3. The van der Waals surface area contributed by atoms with Gasteiger partial charge in [0.2, 0.25) is 0 Å². The first-order valence-corrected chi connectivity index (χ1v) is 9.05. The minimum absolute atomic E-state index is 0.0378. The molecule has 6 heteroatoms. The van der Waals surface area contributed by atoms with E-state index in [-0.39, 0.29) is 23.8 Å². The number of carbonyl (C=O) groups excluding carboxylic acids is 1. The summed E-state index contributed by atoms with van der Waals surface area (Å²) in [4.78, 5) is 14.6. The summed E-state index contributed by atoms with van der Waals surface area (Å²) in [6.45, 7) is 5.38. The highest BCUT2D eigenvalue weighted by Gasteiger charge is 2.37. The van der Waals surface area contributed by atoms with Gasteiger partial charge in [-0.05, 0) is 55.8 Å². The Labute approximate surface area is 157 Å². The lowest BCUT2D eigenvalue weighted by Crippen LogP contribution is -2.49. The number of amides is 1. The predicted molar refractivity (Wildman–Crippen MR) is 100 cm³/mol. The molecule has 1 N–H and O–H groups in total. The number of ether oxygens (including phenoxy) is 1. The van der Waals surface area contributed by atoms with Crippen LogP contribution in [-0.4, -0.2) is 36.2 Å². The van der Waals surface area contributed by atoms with E-state index in [1.54, 1.807) is 4.90 Å². The molecular weight excluding hydrogens is 355 g/mol. The summed E-state index contributed by atoms with van der Waals surface area (Å²) in [6, 6.07) is 13.1. The Balaban J connectivity index is 1.80. The van der Waals surface area contributed by atoms with Gasteiger partial charge in [0.25, 0.3) is 0 Å². The lowest BCUT2D eigenvalue weighted by atomic mass is 9.93. The van der Waals surface area contributed by atoms with Crippen molar-refractivity contribution in [2.45, 2.75) is 31.8 Å². The molecule has 1 aliphatic heterocycles. The molecule has 1 aliphatic rings. The van der Waals surface area contributed by atoms with Crippen molar-refractivity contribution in [3.8, 4) is 5.75 Å². The molecule has 0 radical (unpaired) electrons. The van der Waals surface area contributed by atoms with Crippen molar-refractivity contribution in [2.75, 3.05) is 13.1 Å². The van der Waals surface area contributed by atoms with Gasteiger partial charge in [0.1, 0.15) is 11.6 Å². The van der Waals surface area contributed by atoms with Gasteiger partial charge in [-0.1, -0.05) is 23.7 Å². The first kappa shape index (κ1) is 18.7. The van der Waals surface area contributed by atoms with Crippen LogP contribution in [0, 0.1) is 5.82 Å². The highest BCUT2D eigenvalue weighted by Crippen LogP contribution is 2.30. The van der Waals surface area contributed by atoms with Crippen molar-refractivity contribution in [1.29, 1.82) is 0 Å². The number of nitrogens with zero attached hydrogens (tertiary/aromatic N) is 1. The third kappa shape index (κ3) is 4.17. The van der Waals surface area contributed by atoms with Gasteiger partial charge in [-0.2, -0.15) is 0 Å². The van der Waals surface area contributed by atoms with Crippen molar-refractivity contribution in [3.05, 3.63) is 64.9 Å². The molecule has 2 aromatic rings. The highest BCUT2D eigenvalue weighted by atomic mass is 35.5. The van der Waals surface area contributed by atoms with Crippen LogP contribution in [0.2, 0.25) is 5.02 Å². The van der Waals surface area contributed by atoms with E-state index in [4.69, 9.17) is 16.3 Å². The molecule has 138 valence electrons. The molecule has 4 nitrogen and oxygen atoms in total. The monoisotopic (exact) mass is 376 g/mol. The first-order chi connectivity index (χ1) is 12.5. The van der Waals surface area contributed by atoms with Gasteiger partial charge in [0, 0.05) is 30.1 Å². The standard InChI is InChI=1S/C20H22ClFN2O2/c1-13(2)24(20(25)26-17-9-7-16(22)8-10-17)19-12-23-11-18(19)14-3-5-15(21)6-4-14/h3-10,13,18-19,23H,11-12H2,1-2H3/t18-,19+/m0/s1. The number of nitrogens with one attached hydrogen (secondary N) is 1. The van der Waals surface area contributed by atoms with Crippen molar-refractivity contribution >= 4 is 17.7 Å². The summed E-state index contributed by atoms with van der Waals surface area (Å²) in [7, 11) is 0. The third-order valence-electron chi connectivity index (χ3n) is 4.62. The maximum Gasteiger partial charge on any atom is 0.415 e. The zero-order valence-electron chi connectivity index (χ0n) is 14.8. The normalized spacial score (nSPS) is 19.6. The number of rotatable bonds is 4. The van der Waals surface area contributed by atoms with Gasteiger partial charge >= 0.3 is 6.09 Å². The summed E-state index contributed by atoms with van der Waals surface area (Å²) in [6.07, 6.45) is -0.431. The van der Waals surface area contributed by atoms with Crippen molar-refractivity contribution < 1.29 is 13.9 Å². The van der Waals surface area contributed by atoms with Crippen LogP contribution >= 0.6 is 11.6 Å². The number of benzene rings is 2. The molecule has 1 saturated heterocycles. The maximum atomic E-state index is 13.1. The van der Waals surface area contributed by atoms with Crippen molar-refractivity contribution in [1.82, 2.24) is 10.2 Å². The van der Waals surface area contributed by atoms with E-state index < -0.39 is 6.09 Å². The van der Waals surface area contributed by atoms with E-state index in [0.29, 0.717) is 17.3 Å². The molecule has 3 rings (SSSR count). The maximum absolute atomic E-state index is 13.1. The van der Waals surface area contributed by atoms with Crippen LogP contribution in [0.3, 0.4) is 0 Å². The molecule has 0 bridgehead atoms. The summed E-state index contributed by atoms with van der Waals surface area (Å²) in [5, 5.41) is 4.05. The molecule has 2 aromatic carbocycles. The van der Waals surface area contributed by atoms with Crippen LogP contribution < -0.4 is 10.1 Å². The van der Waals surface area contributed by atoms with Crippen LogP contribution in [-0.2, 0) is 0 Å². The third-order valence-corrected chi connectivity index (χ3v) is 4.88. The van der Waals surface area contributed by atoms with E-state index in [2.05, 4.69) is 5.32 Å². The largest absolute Gasteiger partial charge is 0.415 e. The lowest BCUT2D eigenvalue weighted by Gasteiger charge is -2.35. The van der Waals surface area contributed by atoms with Gasteiger partial charge in [-0.25, -0.2) is 9.18 Å². The molecule has 1 heterocycles. The Morgan fingerprint density at radius 2 is 1.81 bits per heavy atom. The molecule has 0 aliphatic carbocycles. The topological polar surface area (TPSA) is 41.6 Å². The molecule has 26 heavy (non-hydrogen) atoms. The molecular formula is C20H22ClFN2O2. The Morgan fingerprint density at radius 1 is 1.15 bits per heavy atom. The van der Waals surface area contributed by atoms with Crippen LogP contribution in [0.1, 0.15) is 25.3 Å². The van der Waals surface area contributed by atoms with Crippen LogP contribution in [0.4, 0.5) is 9.18 Å². The second kappa shape index (κ2) is 8.06. The Morgan fingerprint density at radius 3 is 2.42 bits per heavy atom. The van der Waals surface area contributed by atoms with E-state index in [9.17, 15) is 9.18 Å². The van der Waals surface area contributed by atoms with E-state index in [1.807, 2.05) is 38.1 Å². The quantitative estimate of drug-likeness (QED) is 0.857. The summed E-state index contributed by atoms with van der Waals surface area (Å²) in [5.41, 5.74) is 1.13. The van der Waals surface area contributed by atoms with E-state index in [1.165, 1.54) is 24.3 Å².